The summed E-state index contributed by atoms with van der Waals surface area (Å²) >= 11 is 0. The molecule has 7 heteroatoms. The van der Waals surface area contributed by atoms with Gasteiger partial charge in [0.05, 0.1) is 6.10 Å². The second kappa shape index (κ2) is 7.23. The molecule has 2 fully saturated rings. The summed E-state index contributed by atoms with van der Waals surface area (Å²) < 4.78 is 7.60. The first-order valence-corrected chi connectivity index (χ1v) is 8.89. The normalized spacial score (nSPS) is 25.4. The number of fused-ring (bicyclic) bond motifs is 1. The van der Waals surface area contributed by atoms with Gasteiger partial charge < -0.3 is 15.4 Å². The molecule has 2 aliphatic rings. The molecule has 1 saturated carbocycles. The number of carbonyl (C=O) groups is 1. The molecule has 2 aromatic rings. The number of pyridine rings is 1. The standard InChI is InChI=1S/C18H23N5O2/c24-18(22-15-2-1-3-16-14(15)5-9-25-16)21-11-13-4-6-20-17(10-13)23-8-7-19-12-23/h4,6-8,10,12,14-16H,1-3,5,9,11H2,(H2,21,22,24)/t14-,15+,16+/m0/s1. The zero-order chi connectivity index (χ0) is 17.1. The molecule has 0 bridgehead atoms. The van der Waals surface area contributed by atoms with Crippen molar-refractivity contribution in [3.63, 3.8) is 0 Å². The number of hydrogen-bond acceptors (Lipinski definition) is 4. The highest BCUT2D eigenvalue weighted by Crippen LogP contribution is 2.34. The Morgan fingerprint density at radius 3 is 3.16 bits per heavy atom. The molecule has 3 heterocycles. The van der Waals surface area contributed by atoms with Crippen LogP contribution in [0.15, 0.2) is 37.1 Å². The van der Waals surface area contributed by atoms with E-state index >= 15 is 0 Å². The summed E-state index contributed by atoms with van der Waals surface area (Å²) in [6.07, 6.45) is 11.7. The maximum absolute atomic E-state index is 12.3. The fourth-order valence-electron chi connectivity index (χ4n) is 3.86. The minimum absolute atomic E-state index is 0.112. The van der Waals surface area contributed by atoms with Gasteiger partial charge in [0.2, 0.25) is 0 Å². The van der Waals surface area contributed by atoms with Gasteiger partial charge in [-0.2, -0.15) is 0 Å². The van der Waals surface area contributed by atoms with Crippen molar-refractivity contribution in [2.24, 2.45) is 5.92 Å². The summed E-state index contributed by atoms with van der Waals surface area (Å²) in [6, 6.07) is 3.96. The number of carbonyl (C=O) groups excluding carboxylic acids is 1. The molecule has 0 spiro atoms. The maximum atomic E-state index is 12.3. The predicted molar refractivity (Wildman–Crippen MR) is 92.2 cm³/mol. The van der Waals surface area contributed by atoms with Gasteiger partial charge in [-0.15, -0.1) is 0 Å². The van der Waals surface area contributed by atoms with Crippen molar-refractivity contribution < 1.29 is 9.53 Å². The lowest BCUT2D eigenvalue weighted by Gasteiger charge is -2.33. The van der Waals surface area contributed by atoms with E-state index in [4.69, 9.17) is 4.74 Å². The second-order valence-electron chi connectivity index (χ2n) is 6.72. The number of nitrogens with zero attached hydrogens (tertiary/aromatic N) is 3. The number of imidazole rings is 1. The van der Waals surface area contributed by atoms with E-state index in [-0.39, 0.29) is 12.1 Å². The largest absolute Gasteiger partial charge is 0.378 e. The van der Waals surface area contributed by atoms with E-state index in [2.05, 4.69) is 20.6 Å². The molecule has 2 amide bonds. The number of amides is 2. The summed E-state index contributed by atoms with van der Waals surface area (Å²) in [5, 5.41) is 6.10. The Bertz CT molecular complexity index is 718. The van der Waals surface area contributed by atoms with Crippen LogP contribution in [-0.4, -0.2) is 39.3 Å². The maximum Gasteiger partial charge on any atom is 0.315 e. The smallest absolute Gasteiger partial charge is 0.315 e. The van der Waals surface area contributed by atoms with Gasteiger partial charge in [-0.3, -0.25) is 4.57 Å². The van der Waals surface area contributed by atoms with Gasteiger partial charge in [0.25, 0.3) is 0 Å². The zero-order valence-corrected chi connectivity index (χ0v) is 14.1. The number of ether oxygens (including phenoxy) is 1. The van der Waals surface area contributed by atoms with Crippen LogP contribution in [0.1, 0.15) is 31.2 Å². The first-order valence-electron chi connectivity index (χ1n) is 8.89. The lowest BCUT2D eigenvalue weighted by Crippen LogP contribution is -2.49. The SMILES string of the molecule is O=C(NCc1ccnc(-n2ccnc2)c1)N[C@@H]1CCC[C@H]2OCC[C@@H]12. The van der Waals surface area contributed by atoms with Crippen LogP contribution in [0.25, 0.3) is 5.82 Å². The Kier molecular flexibility index (Phi) is 4.65. The monoisotopic (exact) mass is 341 g/mol. The summed E-state index contributed by atoms with van der Waals surface area (Å²) in [7, 11) is 0. The lowest BCUT2D eigenvalue weighted by molar-refractivity contribution is 0.0549. The highest BCUT2D eigenvalue weighted by Gasteiger charge is 2.38. The van der Waals surface area contributed by atoms with Crippen molar-refractivity contribution in [1.82, 2.24) is 25.2 Å². The average Bonchev–Trinajstić information content (AvgIpc) is 3.32. The first kappa shape index (κ1) is 16.1. The molecule has 1 aliphatic carbocycles. The molecule has 132 valence electrons. The molecule has 3 atom stereocenters. The fraction of sp³-hybridized carbons (Fsp3) is 0.500. The van der Waals surface area contributed by atoms with Gasteiger partial charge >= 0.3 is 6.03 Å². The van der Waals surface area contributed by atoms with E-state index in [0.29, 0.717) is 18.6 Å². The topological polar surface area (TPSA) is 81.1 Å². The Labute approximate surface area is 146 Å². The zero-order valence-electron chi connectivity index (χ0n) is 14.1. The molecular weight excluding hydrogens is 318 g/mol. The molecule has 1 saturated heterocycles. The van der Waals surface area contributed by atoms with Crippen molar-refractivity contribution in [2.75, 3.05) is 6.61 Å². The molecule has 0 aromatic carbocycles. The van der Waals surface area contributed by atoms with Gasteiger partial charge in [-0.25, -0.2) is 14.8 Å². The molecule has 4 rings (SSSR count). The van der Waals surface area contributed by atoms with Crippen LogP contribution >= 0.6 is 0 Å². The van der Waals surface area contributed by atoms with E-state index in [0.717, 1.165) is 43.7 Å². The van der Waals surface area contributed by atoms with Crippen LogP contribution in [0.5, 0.6) is 0 Å². The van der Waals surface area contributed by atoms with E-state index < -0.39 is 0 Å². The third-order valence-corrected chi connectivity index (χ3v) is 5.13. The molecule has 25 heavy (non-hydrogen) atoms. The molecular formula is C18H23N5O2. The number of hydrogen-bond donors (Lipinski definition) is 2. The minimum Gasteiger partial charge on any atom is -0.378 e. The number of nitrogens with one attached hydrogen (secondary N) is 2. The number of urea groups is 1. The third-order valence-electron chi connectivity index (χ3n) is 5.13. The molecule has 2 N–H and O–H groups in total. The van der Waals surface area contributed by atoms with E-state index in [1.807, 2.05) is 22.9 Å². The summed E-state index contributed by atoms with van der Waals surface area (Å²) in [5.41, 5.74) is 1.000. The predicted octanol–water partition coefficient (Wildman–Crippen LogP) is 2.02. The van der Waals surface area contributed by atoms with Crippen LogP contribution < -0.4 is 10.6 Å². The van der Waals surface area contributed by atoms with Crippen LogP contribution in [0, 0.1) is 5.92 Å². The average molecular weight is 341 g/mol. The molecule has 2 aromatic heterocycles. The lowest BCUT2D eigenvalue weighted by atomic mass is 9.82. The van der Waals surface area contributed by atoms with Crippen molar-refractivity contribution in [1.29, 1.82) is 0 Å². The van der Waals surface area contributed by atoms with Gasteiger partial charge in [-0.1, -0.05) is 0 Å². The Morgan fingerprint density at radius 1 is 1.32 bits per heavy atom. The van der Waals surface area contributed by atoms with E-state index in [9.17, 15) is 4.79 Å². The fourth-order valence-corrected chi connectivity index (χ4v) is 3.86. The summed E-state index contributed by atoms with van der Waals surface area (Å²) in [4.78, 5) is 20.6. The van der Waals surface area contributed by atoms with Crippen molar-refractivity contribution in [3.05, 3.63) is 42.6 Å². The van der Waals surface area contributed by atoms with Crippen molar-refractivity contribution in [2.45, 2.75) is 44.4 Å². The Hall–Kier alpha value is -2.41. The second-order valence-corrected chi connectivity index (χ2v) is 6.72. The third kappa shape index (κ3) is 3.66. The quantitative estimate of drug-likeness (QED) is 0.891. The number of rotatable bonds is 4. The van der Waals surface area contributed by atoms with E-state index in [1.54, 1.807) is 18.7 Å². The molecule has 0 unspecified atom stereocenters. The van der Waals surface area contributed by atoms with Gasteiger partial charge in [0.1, 0.15) is 12.1 Å². The van der Waals surface area contributed by atoms with Gasteiger partial charge in [0, 0.05) is 43.7 Å². The van der Waals surface area contributed by atoms with Gasteiger partial charge in [0.15, 0.2) is 0 Å². The van der Waals surface area contributed by atoms with Crippen molar-refractivity contribution in [3.8, 4) is 5.82 Å². The van der Waals surface area contributed by atoms with Crippen LogP contribution in [0.4, 0.5) is 4.79 Å². The minimum atomic E-state index is -0.112. The van der Waals surface area contributed by atoms with E-state index in [1.165, 1.54) is 0 Å². The Morgan fingerprint density at radius 2 is 2.28 bits per heavy atom. The molecule has 0 radical (unpaired) electrons. The summed E-state index contributed by atoms with van der Waals surface area (Å²) in [6.45, 7) is 1.29. The first-order chi connectivity index (χ1) is 12.3. The van der Waals surface area contributed by atoms with Crippen LogP contribution in [0.2, 0.25) is 0 Å². The van der Waals surface area contributed by atoms with Crippen LogP contribution in [0.3, 0.4) is 0 Å². The van der Waals surface area contributed by atoms with Crippen LogP contribution in [-0.2, 0) is 11.3 Å². The highest BCUT2D eigenvalue weighted by atomic mass is 16.5. The highest BCUT2D eigenvalue weighted by molar-refractivity contribution is 5.74. The number of aromatic nitrogens is 3. The Balaban J connectivity index is 1.32. The summed E-state index contributed by atoms with van der Waals surface area (Å²) in [5.74, 6) is 1.25. The molecule has 1 aliphatic heterocycles. The van der Waals surface area contributed by atoms with Crippen molar-refractivity contribution >= 4 is 6.03 Å². The van der Waals surface area contributed by atoms with Gasteiger partial charge in [-0.05, 0) is 43.4 Å². The molecule has 7 nitrogen and oxygen atoms in total.